The molecule has 0 aromatic heterocycles. The summed E-state index contributed by atoms with van der Waals surface area (Å²) in [6.45, 7) is 4.21. The van der Waals surface area contributed by atoms with E-state index in [4.69, 9.17) is 0 Å². The second-order valence-corrected chi connectivity index (χ2v) is 6.85. The molecule has 0 radical (unpaired) electrons. The van der Waals surface area contributed by atoms with Gasteiger partial charge in [0.2, 0.25) is 0 Å². The molecule has 0 aliphatic heterocycles. The van der Waals surface area contributed by atoms with E-state index in [0.717, 1.165) is 26.7 Å². The van der Waals surface area contributed by atoms with Crippen LogP contribution in [-0.4, -0.2) is 5.11 Å². The Hall–Kier alpha value is -2.06. The highest BCUT2D eigenvalue weighted by atomic mass is 79.9. The van der Waals surface area contributed by atoms with Crippen LogP contribution in [0.15, 0.2) is 77.3 Å². The molecule has 0 unspecified atom stereocenters. The molecule has 0 saturated heterocycles. The molecule has 0 bridgehead atoms. The lowest BCUT2D eigenvalue weighted by molar-refractivity contribution is 0.454. The summed E-state index contributed by atoms with van der Waals surface area (Å²) in [5.74, 6) is 0.297. The lowest BCUT2D eigenvalue weighted by Crippen LogP contribution is -2.25. The number of hydrogen-bond acceptors (Lipinski definition) is 1. The maximum Gasteiger partial charge on any atom is 0.134 e. The number of benzene rings is 3. The van der Waals surface area contributed by atoms with Crippen molar-refractivity contribution in [1.29, 1.82) is 0 Å². The Bertz CT molecular complexity index is 771. The fourth-order valence-corrected chi connectivity index (χ4v) is 3.71. The molecule has 0 aliphatic carbocycles. The Morgan fingerprint density at radius 1 is 0.826 bits per heavy atom. The minimum atomic E-state index is -0.429. The smallest absolute Gasteiger partial charge is 0.134 e. The van der Waals surface area contributed by atoms with Crippen molar-refractivity contribution in [2.24, 2.45) is 0 Å². The van der Waals surface area contributed by atoms with E-state index in [9.17, 15) is 5.11 Å². The summed E-state index contributed by atoms with van der Waals surface area (Å²) < 4.78 is 0.727. The lowest BCUT2D eigenvalue weighted by Gasteiger charge is -2.33. The molecule has 0 amide bonds. The molecule has 3 rings (SSSR count). The zero-order valence-electron chi connectivity index (χ0n) is 13.3. The number of hydrogen-bond donors (Lipinski definition) is 1. The summed E-state index contributed by atoms with van der Waals surface area (Å²) in [4.78, 5) is 0. The summed E-state index contributed by atoms with van der Waals surface area (Å²) in [6, 6.07) is 24.7. The van der Waals surface area contributed by atoms with E-state index in [2.05, 4.69) is 53.2 Å². The molecule has 3 aromatic rings. The molecule has 0 atom stereocenters. The van der Waals surface area contributed by atoms with Gasteiger partial charge in [0.05, 0.1) is 4.47 Å². The molecule has 1 nitrogen and oxygen atoms in total. The third kappa shape index (κ3) is 2.79. The third-order valence-electron chi connectivity index (χ3n) is 4.45. The predicted molar refractivity (Wildman–Crippen MR) is 99.0 cm³/mol. The van der Waals surface area contributed by atoms with Crippen LogP contribution in [0.3, 0.4) is 0 Å². The predicted octanol–water partition coefficient (Wildman–Crippen LogP) is 5.82. The van der Waals surface area contributed by atoms with Crippen LogP contribution in [0, 0.1) is 6.92 Å². The van der Waals surface area contributed by atoms with Crippen LogP contribution >= 0.6 is 15.9 Å². The van der Waals surface area contributed by atoms with Crippen molar-refractivity contribution >= 4 is 15.9 Å². The number of rotatable bonds is 3. The first-order chi connectivity index (χ1) is 11.0. The van der Waals surface area contributed by atoms with Gasteiger partial charge in [0, 0.05) is 11.0 Å². The first-order valence-electron chi connectivity index (χ1n) is 7.64. The molecular weight excluding hydrogens is 348 g/mol. The third-order valence-corrected chi connectivity index (χ3v) is 5.05. The minimum Gasteiger partial charge on any atom is -0.506 e. The van der Waals surface area contributed by atoms with Gasteiger partial charge in [0.15, 0.2) is 0 Å². The van der Waals surface area contributed by atoms with Gasteiger partial charge in [0.25, 0.3) is 0 Å². The summed E-state index contributed by atoms with van der Waals surface area (Å²) >= 11 is 3.48. The van der Waals surface area contributed by atoms with Crippen LogP contribution in [0.1, 0.15) is 29.2 Å². The van der Waals surface area contributed by atoms with Crippen molar-refractivity contribution in [3.63, 3.8) is 0 Å². The van der Waals surface area contributed by atoms with Crippen molar-refractivity contribution < 1.29 is 5.11 Å². The summed E-state index contributed by atoms with van der Waals surface area (Å²) in [5.41, 5.74) is 3.89. The Morgan fingerprint density at radius 2 is 1.30 bits per heavy atom. The van der Waals surface area contributed by atoms with Crippen molar-refractivity contribution in [3.8, 4) is 5.75 Å². The Kier molecular flexibility index (Phi) is 4.27. The molecule has 116 valence electrons. The molecule has 0 fully saturated rings. The highest BCUT2D eigenvalue weighted by Crippen LogP contribution is 2.45. The largest absolute Gasteiger partial charge is 0.506 e. The second-order valence-electron chi connectivity index (χ2n) is 6.00. The van der Waals surface area contributed by atoms with E-state index in [1.165, 1.54) is 0 Å². The Labute approximate surface area is 145 Å². The monoisotopic (exact) mass is 366 g/mol. The van der Waals surface area contributed by atoms with E-state index < -0.39 is 5.41 Å². The van der Waals surface area contributed by atoms with Crippen LogP contribution in [0.25, 0.3) is 0 Å². The normalized spacial score (nSPS) is 11.4. The number of phenolic OH excluding ortho intramolecular Hbond substituents is 1. The summed E-state index contributed by atoms with van der Waals surface area (Å²) in [7, 11) is 0. The van der Waals surface area contributed by atoms with E-state index in [0.29, 0.717) is 5.75 Å². The zero-order valence-corrected chi connectivity index (χ0v) is 14.8. The van der Waals surface area contributed by atoms with Crippen LogP contribution in [-0.2, 0) is 5.41 Å². The van der Waals surface area contributed by atoms with Gasteiger partial charge in [0.1, 0.15) is 5.75 Å². The number of aromatic hydroxyl groups is 1. The molecule has 0 spiro atoms. The fraction of sp³-hybridized carbons (Fsp3) is 0.143. The van der Waals surface area contributed by atoms with E-state index in [-0.39, 0.29) is 0 Å². The van der Waals surface area contributed by atoms with Gasteiger partial charge in [-0.25, -0.2) is 0 Å². The molecule has 2 heteroatoms. The van der Waals surface area contributed by atoms with Gasteiger partial charge in [-0.05, 0) is 52.5 Å². The molecule has 0 heterocycles. The van der Waals surface area contributed by atoms with Crippen LogP contribution < -0.4 is 0 Å². The molecule has 23 heavy (non-hydrogen) atoms. The lowest BCUT2D eigenvalue weighted by atomic mass is 9.70. The number of aryl methyl sites for hydroxylation is 1. The number of phenols is 1. The first kappa shape index (κ1) is 15.8. The molecular formula is C21H19BrO. The Morgan fingerprint density at radius 3 is 1.78 bits per heavy atom. The maximum atomic E-state index is 10.7. The van der Waals surface area contributed by atoms with Crippen LogP contribution in [0.2, 0.25) is 0 Å². The van der Waals surface area contributed by atoms with Crippen molar-refractivity contribution in [2.45, 2.75) is 19.3 Å². The highest BCUT2D eigenvalue weighted by molar-refractivity contribution is 9.10. The maximum absolute atomic E-state index is 10.7. The highest BCUT2D eigenvalue weighted by Gasteiger charge is 2.34. The van der Waals surface area contributed by atoms with Gasteiger partial charge in [-0.1, -0.05) is 66.7 Å². The first-order valence-corrected chi connectivity index (χ1v) is 8.43. The average Bonchev–Trinajstić information content (AvgIpc) is 2.59. The van der Waals surface area contributed by atoms with Gasteiger partial charge in [-0.3, -0.25) is 0 Å². The minimum absolute atomic E-state index is 0.297. The fourth-order valence-electron chi connectivity index (χ4n) is 3.14. The van der Waals surface area contributed by atoms with Crippen LogP contribution in [0.4, 0.5) is 0 Å². The molecule has 0 saturated carbocycles. The van der Waals surface area contributed by atoms with Gasteiger partial charge in [-0.15, -0.1) is 0 Å². The SMILES string of the molecule is Cc1cc(Br)c(O)c(C(C)(c2ccccc2)c2ccccc2)c1. The summed E-state index contributed by atoms with van der Waals surface area (Å²) in [6.07, 6.45) is 0. The van der Waals surface area contributed by atoms with E-state index in [1.807, 2.05) is 49.4 Å². The van der Waals surface area contributed by atoms with Gasteiger partial charge >= 0.3 is 0 Å². The standard InChI is InChI=1S/C21H19BrO/c1-15-13-18(20(23)19(22)14-15)21(2,16-9-5-3-6-10-16)17-11-7-4-8-12-17/h3-14,23H,1-2H3. The molecule has 0 aliphatic rings. The van der Waals surface area contributed by atoms with Crippen molar-refractivity contribution in [1.82, 2.24) is 0 Å². The average molecular weight is 367 g/mol. The zero-order chi connectivity index (χ0) is 16.4. The molecule has 1 N–H and O–H groups in total. The van der Waals surface area contributed by atoms with Gasteiger partial charge in [-0.2, -0.15) is 0 Å². The van der Waals surface area contributed by atoms with E-state index in [1.54, 1.807) is 0 Å². The molecule has 3 aromatic carbocycles. The second kappa shape index (κ2) is 6.21. The summed E-state index contributed by atoms with van der Waals surface area (Å²) in [5, 5.41) is 10.7. The number of halogens is 1. The van der Waals surface area contributed by atoms with Crippen molar-refractivity contribution in [3.05, 3.63) is 99.5 Å². The quantitative estimate of drug-likeness (QED) is 0.579. The topological polar surface area (TPSA) is 20.2 Å². The van der Waals surface area contributed by atoms with E-state index >= 15 is 0 Å². The van der Waals surface area contributed by atoms with Crippen LogP contribution in [0.5, 0.6) is 5.75 Å². The van der Waals surface area contributed by atoms with Crippen molar-refractivity contribution in [2.75, 3.05) is 0 Å². The Balaban J connectivity index is 2.34. The van der Waals surface area contributed by atoms with Gasteiger partial charge < -0.3 is 5.11 Å².